The summed E-state index contributed by atoms with van der Waals surface area (Å²) in [5.41, 5.74) is -1.36. The van der Waals surface area contributed by atoms with Gasteiger partial charge in [-0.15, -0.1) is 0 Å². The van der Waals surface area contributed by atoms with Gasteiger partial charge in [0.1, 0.15) is 17.1 Å². The van der Waals surface area contributed by atoms with Gasteiger partial charge in [0.25, 0.3) is 18.8 Å². The summed E-state index contributed by atoms with van der Waals surface area (Å²) < 4.78 is 57.2. The molecule has 0 aliphatic rings. The Hall–Kier alpha value is -2.32. The van der Waals surface area contributed by atoms with Crippen molar-refractivity contribution in [3.05, 3.63) is 41.1 Å². The molecule has 0 saturated carbocycles. The third-order valence-electron chi connectivity index (χ3n) is 3.46. The van der Waals surface area contributed by atoms with E-state index in [-0.39, 0.29) is 24.1 Å². The van der Waals surface area contributed by atoms with Crippen LogP contribution in [-0.2, 0) is 6.54 Å². The Morgan fingerprint density at radius 2 is 2.00 bits per heavy atom. The molecule has 0 radical (unpaired) electrons. The highest BCUT2D eigenvalue weighted by Crippen LogP contribution is 2.25. The second-order valence-electron chi connectivity index (χ2n) is 5.30. The predicted molar refractivity (Wildman–Crippen MR) is 77.2 cm³/mol. The summed E-state index contributed by atoms with van der Waals surface area (Å²) in [6.45, 7) is 3.46. The molecule has 5 nitrogen and oxygen atoms in total. The Labute approximate surface area is 135 Å². The number of hydrogen-bond donors (Lipinski definition) is 1. The van der Waals surface area contributed by atoms with E-state index < -0.39 is 30.1 Å². The molecule has 0 saturated heterocycles. The standard InChI is InChI=1S/C15H17F4N3O2/c1-3-8(2)20-15(23)12-5-4-9(24-12)7-22-11(14(18)19)6-10(21-22)13(16)17/h4-6,8,13-14H,3,7H2,1-2H3,(H,20,23). The van der Waals surface area contributed by atoms with E-state index in [9.17, 15) is 22.4 Å². The molecule has 24 heavy (non-hydrogen) atoms. The van der Waals surface area contributed by atoms with Gasteiger partial charge in [-0.25, -0.2) is 17.6 Å². The summed E-state index contributed by atoms with van der Waals surface area (Å²) in [7, 11) is 0. The van der Waals surface area contributed by atoms with Crippen molar-refractivity contribution in [1.82, 2.24) is 15.1 Å². The van der Waals surface area contributed by atoms with Crippen LogP contribution in [0.4, 0.5) is 17.6 Å². The van der Waals surface area contributed by atoms with Crippen LogP contribution in [0.25, 0.3) is 0 Å². The molecule has 0 bridgehead atoms. The van der Waals surface area contributed by atoms with Crippen molar-refractivity contribution in [2.45, 2.75) is 45.7 Å². The number of carbonyl (C=O) groups is 1. The Balaban J connectivity index is 2.16. The predicted octanol–water partition coefficient (Wildman–Crippen LogP) is 3.93. The lowest BCUT2D eigenvalue weighted by molar-refractivity contribution is 0.0908. The lowest BCUT2D eigenvalue weighted by Gasteiger charge is -2.09. The van der Waals surface area contributed by atoms with E-state index in [1.54, 1.807) is 0 Å². The van der Waals surface area contributed by atoms with E-state index in [0.29, 0.717) is 6.07 Å². The van der Waals surface area contributed by atoms with Crippen molar-refractivity contribution in [2.24, 2.45) is 0 Å². The monoisotopic (exact) mass is 347 g/mol. The summed E-state index contributed by atoms with van der Waals surface area (Å²) in [6, 6.07) is 3.43. The van der Waals surface area contributed by atoms with Crippen molar-refractivity contribution >= 4 is 5.91 Å². The van der Waals surface area contributed by atoms with Crippen LogP contribution in [-0.4, -0.2) is 21.7 Å². The van der Waals surface area contributed by atoms with E-state index >= 15 is 0 Å². The highest BCUT2D eigenvalue weighted by molar-refractivity contribution is 5.91. The minimum Gasteiger partial charge on any atom is -0.454 e. The van der Waals surface area contributed by atoms with Crippen molar-refractivity contribution < 1.29 is 26.8 Å². The molecule has 1 N–H and O–H groups in total. The molecule has 0 fully saturated rings. The maximum absolute atomic E-state index is 12.9. The Bertz CT molecular complexity index is 697. The number of amides is 1. The number of halogens is 4. The van der Waals surface area contributed by atoms with Gasteiger partial charge in [-0.3, -0.25) is 9.48 Å². The molecule has 2 heterocycles. The zero-order valence-corrected chi connectivity index (χ0v) is 13.1. The Morgan fingerprint density at radius 1 is 1.29 bits per heavy atom. The maximum atomic E-state index is 12.9. The largest absolute Gasteiger partial charge is 0.454 e. The molecule has 0 aromatic carbocycles. The second-order valence-corrected chi connectivity index (χ2v) is 5.30. The zero-order valence-electron chi connectivity index (χ0n) is 13.1. The number of nitrogens with one attached hydrogen (secondary N) is 1. The van der Waals surface area contributed by atoms with Crippen molar-refractivity contribution in [2.75, 3.05) is 0 Å². The lowest BCUT2D eigenvalue weighted by atomic mass is 10.2. The van der Waals surface area contributed by atoms with E-state index in [1.165, 1.54) is 12.1 Å². The molecule has 2 rings (SSSR count). The van der Waals surface area contributed by atoms with E-state index in [2.05, 4.69) is 10.4 Å². The smallest absolute Gasteiger partial charge is 0.287 e. The molecule has 0 aliphatic heterocycles. The molecular formula is C15H17F4N3O2. The number of alkyl halides is 4. The minimum absolute atomic E-state index is 0.0186. The van der Waals surface area contributed by atoms with Gasteiger partial charge >= 0.3 is 0 Å². The molecule has 132 valence electrons. The van der Waals surface area contributed by atoms with Gasteiger partial charge < -0.3 is 9.73 Å². The molecule has 1 unspecified atom stereocenters. The molecule has 9 heteroatoms. The first kappa shape index (κ1) is 18.0. The van der Waals surface area contributed by atoms with E-state index in [4.69, 9.17) is 4.42 Å². The average Bonchev–Trinajstić information content (AvgIpc) is 3.14. The lowest BCUT2D eigenvalue weighted by Crippen LogP contribution is -2.31. The van der Waals surface area contributed by atoms with E-state index in [0.717, 1.165) is 11.1 Å². The number of carbonyl (C=O) groups excluding carboxylic acids is 1. The van der Waals surface area contributed by atoms with Gasteiger partial charge in [0, 0.05) is 6.04 Å². The fourth-order valence-corrected chi connectivity index (χ4v) is 1.99. The fourth-order valence-electron chi connectivity index (χ4n) is 1.99. The molecule has 1 atom stereocenters. The first-order chi connectivity index (χ1) is 11.3. The van der Waals surface area contributed by atoms with Crippen LogP contribution in [0.3, 0.4) is 0 Å². The highest BCUT2D eigenvalue weighted by Gasteiger charge is 2.22. The SMILES string of the molecule is CCC(C)NC(=O)c1ccc(Cn2nc(C(F)F)cc2C(F)F)o1. The van der Waals surface area contributed by atoms with Gasteiger partial charge in [0.05, 0.1) is 6.54 Å². The van der Waals surface area contributed by atoms with Gasteiger partial charge in [-0.1, -0.05) is 6.92 Å². The summed E-state index contributed by atoms with van der Waals surface area (Å²) >= 11 is 0. The van der Waals surface area contributed by atoms with Gasteiger partial charge in [0.2, 0.25) is 0 Å². The van der Waals surface area contributed by atoms with Gasteiger partial charge in [-0.05, 0) is 31.5 Å². The first-order valence-corrected chi connectivity index (χ1v) is 7.35. The number of hydrogen-bond acceptors (Lipinski definition) is 3. The van der Waals surface area contributed by atoms with Crippen LogP contribution < -0.4 is 5.32 Å². The third-order valence-corrected chi connectivity index (χ3v) is 3.46. The van der Waals surface area contributed by atoms with Crippen molar-refractivity contribution in [3.8, 4) is 0 Å². The van der Waals surface area contributed by atoms with Crippen LogP contribution in [0, 0.1) is 0 Å². The summed E-state index contributed by atoms with van der Waals surface area (Å²) in [5, 5.41) is 6.17. The topological polar surface area (TPSA) is 60.1 Å². The number of nitrogens with zero attached hydrogens (tertiary/aromatic N) is 2. The summed E-state index contributed by atoms with van der Waals surface area (Å²) in [5.74, 6) is -0.251. The molecule has 0 spiro atoms. The molecular weight excluding hydrogens is 330 g/mol. The molecule has 2 aromatic heterocycles. The average molecular weight is 347 g/mol. The highest BCUT2D eigenvalue weighted by atomic mass is 19.3. The van der Waals surface area contributed by atoms with E-state index in [1.807, 2.05) is 13.8 Å². The second kappa shape index (κ2) is 7.50. The minimum atomic E-state index is -2.95. The van der Waals surface area contributed by atoms with Crippen LogP contribution in [0.2, 0.25) is 0 Å². The molecule has 2 aromatic rings. The van der Waals surface area contributed by atoms with Crippen molar-refractivity contribution in [1.29, 1.82) is 0 Å². The molecule has 0 aliphatic carbocycles. The number of aromatic nitrogens is 2. The third kappa shape index (κ3) is 4.15. The van der Waals surface area contributed by atoms with Crippen LogP contribution in [0.15, 0.2) is 22.6 Å². The van der Waals surface area contributed by atoms with Crippen LogP contribution >= 0.6 is 0 Å². The molecule has 1 amide bonds. The first-order valence-electron chi connectivity index (χ1n) is 7.35. The van der Waals surface area contributed by atoms with Crippen molar-refractivity contribution in [3.63, 3.8) is 0 Å². The fraction of sp³-hybridized carbons (Fsp3) is 0.467. The quantitative estimate of drug-likeness (QED) is 0.772. The normalized spacial score (nSPS) is 12.8. The summed E-state index contributed by atoms with van der Waals surface area (Å²) in [6.07, 6.45) is -5.16. The maximum Gasteiger partial charge on any atom is 0.287 e. The summed E-state index contributed by atoms with van der Waals surface area (Å²) in [4.78, 5) is 11.9. The Kier molecular flexibility index (Phi) is 5.63. The van der Waals surface area contributed by atoms with Crippen LogP contribution in [0.1, 0.15) is 60.8 Å². The number of furan rings is 1. The van der Waals surface area contributed by atoms with Crippen LogP contribution in [0.5, 0.6) is 0 Å². The Morgan fingerprint density at radius 3 is 2.58 bits per heavy atom. The van der Waals surface area contributed by atoms with Gasteiger partial charge in [-0.2, -0.15) is 5.10 Å². The zero-order chi connectivity index (χ0) is 17.9. The number of rotatable bonds is 7. The van der Waals surface area contributed by atoms with Gasteiger partial charge in [0.15, 0.2) is 5.76 Å².